The number of hydrogen-bond donors (Lipinski definition) is 2. The Morgan fingerprint density at radius 1 is 1.00 bits per heavy atom. The van der Waals surface area contributed by atoms with E-state index in [0.29, 0.717) is 11.1 Å². The molecule has 0 aliphatic carbocycles. The average Bonchev–Trinajstić information content (AvgIpc) is 2.64. The van der Waals surface area contributed by atoms with Gasteiger partial charge in [0.25, 0.3) is 0 Å². The number of carbonyl (C=O) groups excluding carboxylic acids is 2. The van der Waals surface area contributed by atoms with Gasteiger partial charge in [-0.1, -0.05) is 12.1 Å². The van der Waals surface area contributed by atoms with Crippen LogP contribution in [0.4, 0.5) is 8.78 Å². The van der Waals surface area contributed by atoms with E-state index in [1.54, 1.807) is 0 Å². The molecule has 0 unspecified atom stereocenters. The fourth-order valence-corrected chi connectivity index (χ4v) is 2.81. The largest absolute Gasteiger partial charge is 0.475 e. The molecule has 2 N–H and O–H groups in total. The Bertz CT molecular complexity index is 1170. The second-order valence-electron chi connectivity index (χ2n) is 6.16. The Kier molecular flexibility index (Phi) is 5.12. The number of halogens is 2. The van der Waals surface area contributed by atoms with Crippen LogP contribution in [0.25, 0.3) is 10.9 Å². The van der Waals surface area contributed by atoms with Crippen LogP contribution in [-0.2, 0) is 16.0 Å². The number of benzene rings is 2. The minimum atomic E-state index is -1.78. The number of pyridine rings is 1. The number of rotatable bonds is 6. The van der Waals surface area contributed by atoms with Crippen LogP contribution in [0.15, 0.2) is 47.4 Å². The highest BCUT2D eigenvalue weighted by Crippen LogP contribution is 2.19. The number of H-pyrrole nitrogens is 1. The summed E-state index contributed by atoms with van der Waals surface area (Å²) >= 11 is 0. The molecule has 0 saturated heterocycles. The van der Waals surface area contributed by atoms with Crippen molar-refractivity contribution < 1.29 is 28.3 Å². The van der Waals surface area contributed by atoms with Gasteiger partial charge in [-0.05, 0) is 41.8 Å². The number of aromatic nitrogens is 1. The van der Waals surface area contributed by atoms with Gasteiger partial charge in [0.05, 0.1) is 17.5 Å². The van der Waals surface area contributed by atoms with Gasteiger partial charge < -0.3 is 10.1 Å². The number of carbonyl (C=O) groups is 3. The summed E-state index contributed by atoms with van der Waals surface area (Å²) in [5.41, 5.74) is -0.240. The van der Waals surface area contributed by atoms with Crippen LogP contribution >= 0.6 is 0 Å². The van der Waals surface area contributed by atoms with E-state index in [2.05, 4.69) is 4.98 Å². The number of ketones is 2. The lowest BCUT2D eigenvalue weighted by Crippen LogP contribution is -2.22. The van der Waals surface area contributed by atoms with Crippen molar-refractivity contribution in [2.75, 3.05) is 0 Å². The molecule has 0 aliphatic heterocycles. The number of fused-ring (bicyclic) bond motifs is 1. The molecule has 0 spiro atoms. The molecule has 1 aromatic heterocycles. The van der Waals surface area contributed by atoms with Crippen molar-refractivity contribution in [1.29, 1.82) is 0 Å². The summed E-state index contributed by atoms with van der Waals surface area (Å²) in [5.74, 6) is -5.23. The maximum Gasteiger partial charge on any atom is 0.372 e. The molecule has 0 bridgehead atoms. The highest BCUT2D eigenvalue weighted by atomic mass is 19.1. The van der Waals surface area contributed by atoms with E-state index in [1.807, 2.05) is 0 Å². The van der Waals surface area contributed by atoms with Crippen molar-refractivity contribution in [3.8, 4) is 0 Å². The van der Waals surface area contributed by atoms with Gasteiger partial charge in [-0.2, -0.15) is 0 Å². The topological polar surface area (TPSA) is 104 Å². The van der Waals surface area contributed by atoms with Crippen molar-refractivity contribution in [2.24, 2.45) is 0 Å². The van der Waals surface area contributed by atoms with Crippen LogP contribution in [0.3, 0.4) is 0 Å². The quantitative estimate of drug-likeness (QED) is 0.386. The Labute approximate surface area is 156 Å². The van der Waals surface area contributed by atoms with Crippen molar-refractivity contribution in [2.45, 2.75) is 12.8 Å². The molecule has 6 nitrogen and oxygen atoms in total. The van der Waals surface area contributed by atoms with Gasteiger partial charge >= 0.3 is 5.97 Å². The minimum Gasteiger partial charge on any atom is -0.475 e. The minimum absolute atomic E-state index is 0.106. The molecular weight excluding hydrogens is 372 g/mol. The SMILES string of the molecule is O=C(O)C(=O)CC(=O)c1c[nH]c2c(F)cc(Cc3ccc(F)cc3)cc2c1=O. The summed E-state index contributed by atoms with van der Waals surface area (Å²) in [4.78, 5) is 49.0. The number of Topliss-reactive ketones (excluding diaryl/α,β-unsaturated/α-hetero) is 2. The zero-order valence-electron chi connectivity index (χ0n) is 14.3. The van der Waals surface area contributed by atoms with Crippen molar-refractivity contribution in [3.63, 3.8) is 0 Å². The maximum absolute atomic E-state index is 14.4. The summed E-state index contributed by atoms with van der Waals surface area (Å²) < 4.78 is 27.4. The zero-order chi connectivity index (χ0) is 20.4. The first-order valence-corrected chi connectivity index (χ1v) is 8.14. The lowest BCUT2D eigenvalue weighted by molar-refractivity contribution is -0.148. The molecule has 142 valence electrons. The Morgan fingerprint density at radius 3 is 2.32 bits per heavy atom. The summed E-state index contributed by atoms with van der Waals surface area (Å²) in [6.45, 7) is 0. The van der Waals surface area contributed by atoms with E-state index in [0.717, 1.165) is 6.20 Å². The summed E-state index contributed by atoms with van der Waals surface area (Å²) in [7, 11) is 0. The summed E-state index contributed by atoms with van der Waals surface area (Å²) in [6.07, 6.45) is 0.217. The first kappa shape index (κ1) is 19.1. The number of hydrogen-bond acceptors (Lipinski definition) is 4. The third kappa shape index (κ3) is 3.85. The molecule has 3 aromatic rings. The molecule has 0 fully saturated rings. The van der Waals surface area contributed by atoms with Crippen molar-refractivity contribution in [1.82, 2.24) is 4.98 Å². The highest BCUT2D eigenvalue weighted by molar-refractivity contribution is 6.37. The van der Waals surface area contributed by atoms with Crippen LogP contribution in [0.1, 0.15) is 27.9 Å². The molecule has 0 aliphatic rings. The molecule has 1 heterocycles. The highest BCUT2D eigenvalue weighted by Gasteiger charge is 2.21. The molecule has 2 aromatic carbocycles. The van der Waals surface area contributed by atoms with Crippen LogP contribution in [-0.4, -0.2) is 27.6 Å². The molecule has 0 amide bonds. The van der Waals surface area contributed by atoms with Gasteiger partial charge in [0.2, 0.25) is 5.78 Å². The number of carboxylic acids is 1. The summed E-state index contributed by atoms with van der Waals surface area (Å²) in [5, 5.41) is 8.48. The van der Waals surface area contributed by atoms with Crippen molar-refractivity contribution >= 4 is 28.4 Å². The van der Waals surface area contributed by atoms with Gasteiger partial charge in [-0.25, -0.2) is 13.6 Å². The third-order valence-electron chi connectivity index (χ3n) is 4.18. The van der Waals surface area contributed by atoms with Crippen LogP contribution in [0.2, 0.25) is 0 Å². The van der Waals surface area contributed by atoms with E-state index in [9.17, 15) is 28.0 Å². The predicted octanol–water partition coefficient (Wildman–Crippen LogP) is 2.62. The Hall–Kier alpha value is -3.68. The van der Waals surface area contributed by atoms with Gasteiger partial charge in [-0.3, -0.25) is 14.4 Å². The van der Waals surface area contributed by atoms with Crippen LogP contribution in [0.5, 0.6) is 0 Å². The third-order valence-corrected chi connectivity index (χ3v) is 4.18. The first-order valence-electron chi connectivity index (χ1n) is 8.14. The molecule has 0 atom stereocenters. The van der Waals surface area contributed by atoms with Gasteiger partial charge in [0.15, 0.2) is 11.2 Å². The fourth-order valence-electron chi connectivity index (χ4n) is 2.81. The Balaban J connectivity index is 2.02. The second-order valence-corrected chi connectivity index (χ2v) is 6.16. The summed E-state index contributed by atoms with van der Waals surface area (Å²) in [6, 6.07) is 8.19. The number of aliphatic carboxylic acids is 1. The van der Waals surface area contributed by atoms with Crippen molar-refractivity contribution in [3.05, 3.63) is 81.1 Å². The van der Waals surface area contributed by atoms with E-state index >= 15 is 0 Å². The number of nitrogens with one attached hydrogen (secondary N) is 1. The molecule has 8 heteroatoms. The lowest BCUT2D eigenvalue weighted by Gasteiger charge is -2.07. The van der Waals surface area contributed by atoms with Gasteiger partial charge in [0, 0.05) is 11.6 Å². The van der Waals surface area contributed by atoms with Gasteiger partial charge in [-0.15, -0.1) is 0 Å². The molecule has 0 radical (unpaired) electrons. The second kappa shape index (κ2) is 7.51. The normalized spacial score (nSPS) is 10.8. The number of carboxylic acid groups (broad SMARTS) is 1. The monoisotopic (exact) mass is 385 g/mol. The molecule has 28 heavy (non-hydrogen) atoms. The van der Waals surface area contributed by atoms with Crippen LogP contribution in [0, 0.1) is 11.6 Å². The van der Waals surface area contributed by atoms with Gasteiger partial charge in [0.1, 0.15) is 11.6 Å². The van der Waals surface area contributed by atoms with E-state index in [4.69, 9.17) is 5.11 Å². The zero-order valence-corrected chi connectivity index (χ0v) is 14.3. The van der Waals surface area contributed by atoms with E-state index in [-0.39, 0.29) is 17.3 Å². The molecule has 0 saturated carbocycles. The smallest absolute Gasteiger partial charge is 0.372 e. The van der Waals surface area contributed by atoms with E-state index in [1.165, 1.54) is 36.4 Å². The lowest BCUT2D eigenvalue weighted by atomic mass is 10.00. The predicted molar refractivity (Wildman–Crippen MR) is 95.3 cm³/mol. The number of aromatic amines is 1. The average molecular weight is 385 g/mol. The standard InChI is InChI=1S/C20H13F2NO5/c21-12-3-1-10(2-4-12)5-11-6-13-18(15(22)7-11)23-9-14(19(13)26)16(24)8-17(25)20(27)28/h1-4,6-7,9H,5,8H2,(H,23,26)(H,27,28). The van der Waals surface area contributed by atoms with E-state index < -0.39 is 46.6 Å². The molecule has 3 rings (SSSR count). The molecular formula is C20H13F2NO5. The van der Waals surface area contributed by atoms with Crippen LogP contribution < -0.4 is 5.43 Å². The Morgan fingerprint density at radius 2 is 1.68 bits per heavy atom. The maximum atomic E-state index is 14.4. The first-order chi connectivity index (χ1) is 13.3. The fraction of sp³-hybridized carbons (Fsp3) is 0.100.